The van der Waals surface area contributed by atoms with Crippen LogP contribution >= 0.6 is 11.6 Å². The van der Waals surface area contributed by atoms with E-state index in [4.69, 9.17) is 16.1 Å². The molecular formula is C25H26ClN5O2. The molecule has 1 amide bonds. The first kappa shape index (κ1) is 21.7. The third kappa shape index (κ3) is 4.38. The van der Waals surface area contributed by atoms with E-state index in [-0.39, 0.29) is 30.0 Å². The molecule has 0 bridgehead atoms. The lowest BCUT2D eigenvalue weighted by Gasteiger charge is -2.30. The van der Waals surface area contributed by atoms with Crippen molar-refractivity contribution in [2.24, 2.45) is 0 Å². The van der Waals surface area contributed by atoms with Gasteiger partial charge in [-0.3, -0.25) is 4.79 Å². The second kappa shape index (κ2) is 8.32. The third-order valence-corrected chi connectivity index (χ3v) is 6.38. The maximum Gasteiger partial charge on any atom is 0.251 e. The lowest BCUT2D eigenvalue weighted by molar-refractivity contribution is -0.135. The topological polar surface area (TPSA) is 74.5 Å². The van der Waals surface area contributed by atoms with Crippen molar-refractivity contribution in [1.82, 2.24) is 25.5 Å². The highest BCUT2D eigenvalue weighted by atomic mass is 35.5. The minimum Gasteiger partial charge on any atom is -0.337 e. The molecule has 3 heterocycles. The summed E-state index contributed by atoms with van der Waals surface area (Å²) in [6.45, 7) is 6.77. The van der Waals surface area contributed by atoms with E-state index in [1.807, 2.05) is 47.6 Å². The van der Waals surface area contributed by atoms with Crippen LogP contribution in [0, 0.1) is 0 Å². The van der Waals surface area contributed by atoms with Crippen LogP contribution in [0.15, 0.2) is 65.5 Å². The van der Waals surface area contributed by atoms with Crippen molar-refractivity contribution >= 4 is 17.5 Å². The summed E-state index contributed by atoms with van der Waals surface area (Å²) in [5, 5.41) is 6.68. The second-order valence-electron chi connectivity index (χ2n) is 9.50. The molecule has 7 nitrogen and oxygen atoms in total. The van der Waals surface area contributed by atoms with Crippen molar-refractivity contribution < 1.29 is 9.32 Å². The van der Waals surface area contributed by atoms with Crippen LogP contribution in [-0.2, 0) is 16.8 Å². The van der Waals surface area contributed by atoms with Crippen molar-refractivity contribution in [2.75, 3.05) is 0 Å². The van der Waals surface area contributed by atoms with Crippen LogP contribution in [0.3, 0.4) is 0 Å². The van der Waals surface area contributed by atoms with Crippen LogP contribution in [0.2, 0.25) is 5.02 Å². The Morgan fingerprint density at radius 2 is 1.82 bits per heavy atom. The molecule has 2 atom stereocenters. The highest BCUT2D eigenvalue weighted by Crippen LogP contribution is 2.32. The Labute approximate surface area is 198 Å². The zero-order valence-electron chi connectivity index (χ0n) is 18.8. The Morgan fingerprint density at radius 1 is 1.09 bits per heavy atom. The van der Waals surface area contributed by atoms with E-state index in [1.165, 1.54) is 5.56 Å². The molecule has 5 rings (SSSR count). The number of nitrogens with zero attached hydrogens (tertiary/aromatic N) is 4. The molecule has 2 aliphatic heterocycles. The van der Waals surface area contributed by atoms with Gasteiger partial charge in [0.15, 0.2) is 0 Å². The number of halogens is 1. The number of carbonyl (C=O) groups is 1. The summed E-state index contributed by atoms with van der Waals surface area (Å²) < 4.78 is 5.45. The average Bonchev–Trinajstić information content (AvgIpc) is 3.44. The minimum absolute atomic E-state index is 0.00394. The number of aromatic nitrogens is 2. The van der Waals surface area contributed by atoms with Gasteiger partial charge in [-0.2, -0.15) is 4.98 Å². The third-order valence-electron chi connectivity index (χ3n) is 6.13. The number of amides is 1. The SMILES string of the molecule is CC(C)(C)c1ccc(-c2noc(CN3C=CN4NC(c5ccc(Cl)cc5)CC4C3=O)n2)cc1. The zero-order valence-corrected chi connectivity index (χ0v) is 19.6. The number of hydrogen-bond donors (Lipinski definition) is 1. The molecular weight excluding hydrogens is 438 g/mol. The fourth-order valence-electron chi connectivity index (χ4n) is 4.18. The molecule has 2 unspecified atom stereocenters. The highest BCUT2D eigenvalue weighted by molar-refractivity contribution is 6.30. The fourth-order valence-corrected chi connectivity index (χ4v) is 4.31. The normalized spacial score (nSPS) is 20.4. The van der Waals surface area contributed by atoms with Crippen molar-refractivity contribution in [2.45, 2.75) is 51.2 Å². The van der Waals surface area contributed by atoms with E-state index in [9.17, 15) is 4.79 Å². The molecule has 1 N–H and O–H groups in total. The van der Waals surface area contributed by atoms with E-state index in [2.05, 4.69) is 48.5 Å². The molecule has 1 aromatic heterocycles. The Hall–Kier alpha value is -3.16. The summed E-state index contributed by atoms with van der Waals surface area (Å²) in [6.07, 6.45) is 4.29. The van der Waals surface area contributed by atoms with E-state index in [1.54, 1.807) is 11.1 Å². The van der Waals surface area contributed by atoms with Gasteiger partial charge in [-0.25, -0.2) is 5.43 Å². The Bertz CT molecular complexity index is 1180. The van der Waals surface area contributed by atoms with Crippen molar-refractivity contribution in [3.8, 4) is 11.4 Å². The number of rotatable bonds is 4. The van der Waals surface area contributed by atoms with E-state index < -0.39 is 0 Å². The minimum atomic E-state index is -0.289. The molecule has 170 valence electrons. The maximum absolute atomic E-state index is 13.1. The lowest BCUT2D eigenvalue weighted by Crippen LogP contribution is -2.47. The summed E-state index contributed by atoms with van der Waals surface area (Å²) in [4.78, 5) is 19.3. The predicted molar refractivity (Wildman–Crippen MR) is 126 cm³/mol. The van der Waals surface area contributed by atoms with E-state index in [0.29, 0.717) is 23.2 Å². The number of nitrogens with one attached hydrogen (secondary N) is 1. The van der Waals surface area contributed by atoms with Crippen molar-refractivity contribution in [3.63, 3.8) is 0 Å². The average molecular weight is 464 g/mol. The van der Waals surface area contributed by atoms with Crippen LogP contribution < -0.4 is 5.43 Å². The zero-order chi connectivity index (χ0) is 23.2. The van der Waals surface area contributed by atoms with Gasteiger partial charge in [0.2, 0.25) is 11.7 Å². The first-order chi connectivity index (χ1) is 15.8. The van der Waals surface area contributed by atoms with Gasteiger partial charge in [0, 0.05) is 23.0 Å². The molecule has 0 saturated carbocycles. The summed E-state index contributed by atoms with van der Waals surface area (Å²) in [6, 6.07) is 15.6. The van der Waals surface area contributed by atoms with Gasteiger partial charge < -0.3 is 14.4 Å². The number of carbonyl (C=O) groups excluding carboxylic acids is 1. The highest BCUT2D eigenvalue weighted by Gasteiger charge is 2.40. The van der Waals surface area contributed by atoms with E-state index >= 15 is 0 Å². The number of fused-ring (bicyclic) bond motifs is 1. The number of benzene rings is 2. The molecule has 1 fully saturated rings. The van der Waals surface area contributed by atoms with Crippen LogP contribution in [0.4, 0.5) is 0 Å². The van der Waals surface area contributed by atoms with Crippen LogP contribution in [0.5, 0.6) is 0 Å². The lowest BCUT2D eigenvalue weighted by atomic mass is 9.87. The van der Waals surface area contributed by atoms with Gasteiger partial charge in [-0.15, -0.1) is 0 Å². The quantitative estimate of drug-likeness (QED) is 0.597. The summed E-state index contributed by atoms with van der Waals surface area (Å²) in [5.41, 5.74) is 6.69. The summed E-state index contributed by atoms with van der Waals surface area (Å²) in [7, 11) is 0. The first-order valence-electron chi connectivity index (χ1n) is 11.0. The van der Waals surface area contributed by atoms with Gasteiger partial charge >= 0.3 is 0 Å². The summed E-state index contributed by atoms with van der Waals surface area (Å²) in [5.74, 6) is 0.915. The van der Waals surface area contributed by atoms with Gasteiger partial charge in [-0.1, -0.05) is 73.9 Å². The number of hydrogen-bond acceptors (Lipinski definition) is 6. The van der Waals surface area contributed by atoms with Gasteiger partial charge in [-0.05, 0) is 35.1 Å². The second-order valence-corrected chi connectivity index (χ2v) is 9.93. The van der Waals surface area contributed by atoms with Gasteiger partial charge in [0.25, 0.3) is 5.91 Å². The molecule has 8 heteroatoms. The monoisotopic (exact) mass is 463 g/mol. The number of hydrazine groups is 1. The van der Waals surface area contributed by atoms with Crippen LogP contribution in [0.1, 0.15) is 50.3 Å². The standard InChI is InChI=1S/C25H26ClN5O2/c1-25(2,3)18-8-4-17(5-9-18)23-27-22(33-29-23)15-30-12-13-31-21(24(30)32)14-20(28-31)16-6-10-19(26)11-7-16/h4-13,20-21,28H,14-15H2,1-3H3. The van der Waals surface area contributed by atoms with Crippen molar-refractivity contribution in [3.05, 3.63) is 83.0 Å². The molecule has 2 aliphatic rings. The fraction of sp³-hybridized carbons (Fsp3) is 0.320. The molecule has 1 saturated heterocycles. The first-order valence-corrected chi connectivity index (χ1v) is 11.4. The molecule has 0 radical (unpaired) electrons. The molecule has 33 heavy (non-hydrogen) atoms. The van der Waals surface area contributed by atoms with E-state index in [0.717, 1.165) is 11.1 Å². The largest absolute Gasteiger partial charge is 0.337 e. The Kier molecular flexibility index (Phi) is 5.46. The molecule has 2 aromatic carbocycles. The summed E-state index contributed by atoms with van der Waals surface area (Å²) >= 11 is 6.00. The Balaban J connectivity index is 1.26. The smallest absolute Gasteiger partial charge is 0.251 e. The predicted octanol–water partition coefficient (Wildman–Crippen LogP) is 4.82. The molecule has 0 aliphatic carbocycles. The van der Waals surface area contributed by atoms with Gasteiger partial charge in [0.1, 0.15) is 12.6 Å². The maximum atomic E-state index is 13.1. The van der Waals surface area contributed by atoms with Crippen molar-refractivity contribution in [1.29, 1.82) is 0 Å². The Morgan fingerprint density at radius 3 is 2.52 bits per heavy atom. The molecule has 0 spiro atoms. The van der Waals surface area contributed by atoms with Crippen LogP contribution in [0.25, 0.3) is 11.4 Å². The molecule has 3 aromatic rings. The van der Waals surface area contributed by atoms with Crippen LogP contribution in [-0.4, -0.2) is 32.0 Å². The van der Waals surface area contributed by atoms with Gasteiger partial charge in [0.05, 0.1) is 6.04 Å².